The maximum atomic E-state index is 13.1. The van der Waals surface area contributed by atoms with Crippen LogP contribution in [0.3, 0.4) is 0 Å². The lowest BCUT2D eigenvalue weighted by Crippen LogP contribution is -2.15. The van der Waals surface area contributed by atoms with E-state index in [-0.39, 0.29) is 12.3 Å². The summed E-state index contributed by atoms with van der Waals surface area (Å²) in [5, 5.41) is 4.34. The fourth-order valence-electron chi connectivity index (χ4n) is 3.85. The van der Waals surface area contributed by atoms with Gasteiger partial charge in [0.15, 0.2) is 12.0 Å². The Bertz CT molecular complexity index is 1280. The molecule has 1 N–H and O–H groups in total. The Morgan fingerprint density at radius 2 is 2.03 bits per heavy atom. The lowest BCUT2D eigenvalue weighted by Gasteiger charge is -2.11. The molecule has 0 bridgehead atoms. The van der Waals surface area contributed by atoms with E-state index in [0.717, 1.165) is 51.5 Å². The van der Waals surface area contributed by atoms with Crippen molar-refractivity contribution in [3.63, 3.8) is 0 Å². The summed E-state index contributed by atoms with van der Waals surface area (Å²) in [6.45, 7) is 4.20. The van der Waals surface area contributed by atoms with Crippen molar-refractivity contribution in [1.82, 2.24) is 15.0 Å². The van der Waals surface area contributed by atoms with Crippen molar-refractivity contribution in [3.8, 4) is 11.1 Å². The highest BCUT2D eigenvalue weighted by Gasteiger charge is 2.43. The Kier molecular flexibility index (Phi) is 4.46. The number of halogens is 1. The van der Waals surface area contributed by atoms with Crippen molar-refractivity contribution in [2.45, 2.75) is 39.3 Å². The van der Waals surface area contributed by atoms with Crippen LogP contribution in [0.2, 0.25) is 0 Å². The van der Waals surface area contributed by atoms with Crippen molar-refractivity contribution in [3.05, 3.63) is 48.2 Å². The molecule has 1 aromatic carbocycles. The second-order valence-corrected chi connectivity index (χ2v) is 7.83. The third kappa shape index (κ3) is 3.20. The molecule has 1 amide bonds. The molecule has 30 heavy (non-hydrogen) atoms. The van der Waals surface area contributed by atoms with Crippen LogP contribution in [0.25, 0.3) is 33.0 Å². The van der Waals surface area contributed by atoms with Crippen molar-refractivity contribution in [1.29, 1.82) is 0 Å². The van der Waals surface area contributed by atoms with Crippen LogP contribution in [0.15, 0.2) is 41.4 Å². The number of hydrogen-bond donors (Lipinski definition) is 1. The van der Waals surface area contributed by atoms with Crippen molar-refractivity contribution < 1.29 is 13.6 Å². The van der Waals surface area contributed by atoms with Gasteiger partial charge in [0, 0.05) is 40.0 Å². The summed E-state index contributed by atoms with van der Waals surface area (Å²) in [6, 6.07) is 5.87. The van der Waals surface area contributed by atoms with Crippen LogP contribution in [0.4, 0.5) is 10.2 Å². The summed E-state index contributed by atoms with van der Waals surface area (Å²) < 4.78 is 18.8. The second-order valence-electron chi connectivity index (χ2n) is 7.83. The maximum Gasteiger partial charge on any atom is 0.231 e. The van der Waals surface area contributed by atoms with E-state index in [2.05, 4.69) is 40.2 Å². The van der Waals surface area contributed by atoms with Crippen LogP contribution in [0.1, 0.15) is 31.0 Å². The first kappa shape index (κ1) is 18.7. The van der Waals surface area contributed by atoms with E-state index >= 15 is 0 Å². The van der Waals surface area contributed by atoms with Gasteiger partial charge in [-0.3, -0.25) is 9.78 Å². The summed E-state index contributed by atoms with van der Waals surface area (Å²) in [5.41, 5.74) is 5.47. The zero-order chi connectivity index (χ0) is 20.8. The minimum Gasteiger partial charge on any atom is -0.443 e. The van der Waals surface area contributed by atoms with E-state index < -0.39 is 12.1 Å². The van der Waals surface area contributed by atoms with E-state index in [1.165, 1.54) is 6.39 Å². The number of anilines is 1. The number of carbonyl (C=O) groups is 1. The molecule has 1 saturated carbocycles. The third-order valence-corrected chi connectivity index (χ3v) is 5.57. The molecule has 7 heteroatoms. The van der Waals surface area contributed by atoms with Gasteiger partial charge in [-0.2, -0.15) is 0 Å². The number of nitrogens with one attached hydrogen (secondary N) is 1. The summed E-state index contributed by atoms with van der Waals surface area (Å²) in [6.07, 6.45) is 6.21. The normalized spacial score (nSPS) is 18.1. The van der Waals surface area contributed by atoms with Crippen molar-refractivity contribution in [2.24, 2.45) is 5.92 Å². The number of benzene rings is 1. The molecule has 0 saturated heterocycles. The quantitative estimate of drug-likeness (QED) is 0.506. The minimum absolute atomic E-state index is 0.277. The Morgan fingerprint density at radius 3 is 2.77 bits per heavy atom. The van der Waals surface area contributed by atoms with E-state index in [9.17, 15) is 9.18 Å². The number of hydrogen-bond acceptors (Lipinski definition) is 5. The highest BCUT2D eigenvalue weighted by molar-refractivity contribution is 6.10. The van der Waals surface area contributed by atoms with E-state index in [1.807, 2.05) is 12.3 Å². The first-order chi connectivity index (χ1) is 14.5. The molecule has 4 aromatic rings. The fourth-order valence-corrected chi connectivity index (χ4v) is 3.85. The smallest absolute Gasteiger partial charge is 0.231 e. The molecule has 2 atom stereocenters. The Balaban J connectivity index is 1.58. The van der Waals surface area contributed by atoms with Gasteiger partial charge < -0.3 is 9.73 Å². The predicted molar refractivity (Wildman–Crippen MR) is 113 cm³/mol. The highest BCUT2D eigenvalue weighted by atomic mass is 19.1. The molecule has 3 aromatic heterocycles. The SMILES string of the molecule is CCCc1cc(C)c(-c2cc3cnc(NC(=O)C4CC4F)cc3c3ocnc23)cn1. The average molecular weight is 404 g/mol. The van der Waals surface area contributed by atoms with Crippen molar-refractivity contribution >= 4 is 33.6 Å². The highest BCUT2D eigenvalue weighted by Crippen LogP contribution is 2.37. The standard InChI is InChI=1S/C23H21FN4O2/c1-3-4-14-5-12(2)18(10-25-14)16-6-13-9-26-20(28-23(29)17-7-19(17)24)8-15(13)22-21(16)27-11-30-22/h5-6,8-11,17,19H,3-4,7H2,1-2H3,(H,26,28,29). The van der Waals surface area contributed by atoms with Gasteiger partial charge in [-0.1, -0.05) is 13.3 Å². The largest absolute Gasteiger partial charge is 0.443 e. The number of pyridine rings is 2. The summed E-state index contributed by atoms with van der Waals surface area (Å²) in [5.74, 6) is -0.534. The van der Waals surface area contributed by atoms with Crippen LogP contribution in [0, 0.1) is 12.8 Å². The molecule has 3 heterocycles. The summed E-state index contributed by atoms with van der Waals surface area (Å²) in [4.78, 5) is 25.4. The topological polar surface area (TPSA) is 80.9 Å². The number of fused-ring (bicyclic) bond motifs is 3. The molecule has 0 aliphatic heterocycles. The van der Waals surface area contributed by atoms with Gasteiger partial charge in [0.05, 0.1) is 5.92 Å². The van der Waals surface area contributed by atoms with Gasteiger partial charge in [-0.05, 0) is 43.5 Å². The minimum atomic E-state index is -1.05. The number of amides is 1. The van der Waals surface area contributed by atoms with Gasteiger partial charge in [0.2, 0.25) is 5.91 Å². The fraction of sp³-hybridized carbons (Fsp3) is 0.304. The van der Waals surface area contributed by atoms with E-state index in [1.54, 1.807) is 12.3 Å². The Morgan fingerprint density at radius 1 is 1.20 bits per heavy atom. The number of carbonyl (C=O) groups excluding carboxylic acids is 1. The zero-order valence-corrected chi connectivity index (χ0v) is 16.8. The third-order valence-electron chi connectivity index (χ3n) is 5.57. The predicted octanol–water partition coefficient (Wildman–Crippen LogP) is 5.00. The first-order valence-corrected chi connectivity index (χ1v) is 10.1. The summed E-state index contributed by atoms with van der Waals surface area (Å²) >= 11 is 0. The molecule has 1 aliphatic rings. The molecule has 0 spiro atoms. The van der Waals surface area contributed by atoms with Gasteiger partial charge in [0.25, 0.3) is 0 Å². The number of alkyl halides is 1. The monoisotopic (exact) mass is 404 g/mol. The van der Waals surface area contributed by atoms with Crippen LogP contribution in [0.5, 0.6) is 0 Å². The van der Waals surface area contributed by atoms with E-state index in [0.29, 0.717) is 11.4 Å². The molecule has 5 rings (SSSR count). The Labute approximate surface area is 172 Å². The molecule has 6 nitrogen and oxygen atoms in total. The number of nitrogens with zero attached hydrogens (tertiary/aromatic N) is 3. The van der Waals surface area contributed by atoms with Gasteiger partial charge in [0.1, 0.15) is 17.5 Å². The zero-order valence-electron chi connectivity index (χ0n) is 16.8. The lowest BCUT2D eigenvalue weighted by atomic mass is 9.97. The molecule has 1 aliphatic carbocycles. The lowest BCUT2D eigenvalue weighted by molar-refractivity contribution is -0.117. The number of aromatic nitrogens is 3. The van der Waals surface area contributed by atoms with Gasteiger partial charge in [-0.25, -0.2) is 14.4 Å². The average Bonchev–Trinajstić information content (AvgIpc) is 3.26. The maximum absolute atomic E-state index is 13.1. The first-order valence-electron chi connectivity index (χ1n) is 10.1. The van der Waals surface area contributed by atoms with Gasteiger partial charge >= 0.3 is 0 Å². The van der Waals surface area contributed by atoms with Crippen LogP contribution in [-0.4, -0.2) is 27.0 Å². The van der Waals surface area contributed by atoms with Crippen LogP contribution >= 0.6 is 0 Å². The number of oxazole rings is 1. The molecule has 0 radical (unpaired) electrons. The molecule has 2 unspecified atom stereocenters. The Hall–Kier alpha value is -3.35. The summed E-state index contributed by atoms with van der Waals surface area (Å²) in [7, 11) is 0. The number of rotatable bonds is 5. The molecular weight excluding hydrogens is 383 g/mol. The molecule has 152 valence electrons. The van der Waals surface area contributed by atoms with Crippen LogP contribution in [-0.2, 0) is 11.2 Å². The van der Waals surface area contributed by atoms with E-state index in [4.69, 9.17) is 4.42 Å². The molecule has 1 fully saturated rings. The number of aryl methyl sites for hydroxylation is 2. The van der Waals surface area contributed by atoms with Crippen molar-refractivity contribution in [2.75, 3.05) is 5.32 Å². The molecular formula is C23H21FN4O2. The van der Waals surface area contributed by atoms with Gasteiger partial charge in [-0.15, -0.1) is 0 Å². The second kappa shape index (κ2) is 7.16. The van der Waals surface area contributed by atoms with Crippen LogP contribution < -0.4 is 5.32 Å².